The molecular weight excluding hydrogens is 386 g/mol. The topological polar surface area (TPSA) is 27.3 Å². The van der Waals surface area contributed by atoms with Crippen molar-refractivity contribution in [1.82, 2.24) is 15.5 Å². The van der Waals surface area contributed by atoms with Crippen LogP contribution < -0.4 is 10.6 Å². The lowest BCUT2D eigenvalue weighted by Gasteiger charge is -2.33. The number of piperidine rings is 1. The summed E-state index contributed by atoms with van der Waals surface area (Å²) >= 11 is 7.96. The fraction of sp³-hybridized carbons (Fsp3) is 0.565. The zero-order valence-corrected chi connectivity index (χ0v) is 18.4. The van der Waals surface area contributed by atoms with E-state index in [1.54, 1.807) is 4.88 Å². The zero-order chi connectivity index (χ0) is 19.3. The van der Waals surface area contributed by atoms with E-state index in [0.717, 1.165) is 37.0 Å². The highest BCUT2D eigenvalue weighted by Crippen LogP contribution is 2.29. The second kappa shape index (κ2) is 9.73. The monoisotopic (exact) mass is 417 g/mol. The van der Waals surface area contributed by atoms with Gasteiger partial charge in [-0.3, -0.25) is 10.6 Å². The second-order valence-electron chi connectivity index (χ2n) is 8.30. The Bertz CT molecular complexity index is 750. The van der Waals surface area contributed by atoms with E-state index in [1.165, 1.54) is 54.8 Å². The van der Waals surface area contributed by atoms with E-state index < -0.39 is 0 Å². The summed E-state index contributed by atoms with van der Waals surface area (Å²) in [6, 6.07) is 10.7. The molecule has 0 aliphatic carbocycles. The van der Waals surface area contributed by atoms with E-state index in [-0.39, 0.29) is 0 Å². The Morgan fingerprint density at radius 1 is 1.21 bits per heavy atom. The first-order valence-corrected chi connectivity index (χ1v) is 11.9. The standard InChI is InChI=1S/C23H32ClN3S/c1-17-15-21-22(28-17)3-2-11-25-23(21)26-16-19-9-13-27(14-10-19)12-8-18-4-6-20(24)7-5-18/h4-7,15,19,23,25-26H,2-3,8-14,16H2,1H3. The van der Waals surface area contributed by atoms with Gasteiger partial charge in [-0.05, 0) is 100 Å². The van der Waals surface area contributed by atoms with Gasteiger partial charge in [0.25, 0.3) is 0 Å². The van der Waals surface area contributed by atoms with E-state index in [4.69, 9.17) is 11.6 Å². The maximum absolute atomic E-state index is 5.98. The van der Waals surface area contributed by atoms with Crippen molar-refractivity contribution in [1.29, 1.82) is 0 Å². The van der Waals surface area contributed by atoms with E-state index in [1.807, 2.05) is 23.5 Å². The summed E-state index contributed by atoms with van der Waals surface area (Å²) in [7, 11) is 0. The minimum absolute atomic E-state index is 0.338. The maximum atomic E-state index is 5.98. The van der Waals surface area contributed by atoms with E-state index in [2.05, 4.69) is 40.7 Å². The molecule has 0 amide bonds. The maximum Gasteiger partial charge on any atom is 0.0846 e. The molecule has 28 heavy (non-hydrogen) atoms. The summed E-state index contributed by atoms with van der Waals surface area (Å²) in [6.07, 6.45) is 6.53. The first-order chi connectivity index (χ1) is 13.7. The van der Waals surface area contributed by atoms with Gasteiger partial charge < -0.3 is 4.90 Å². The van der Waals surface area contributed by atoms with Crippen LogP contribution in [0, 0.1) is 12.8 Å². The Kier molecular flexibility index (Phi) is 7.08. The average Bonchev–Trinajstić information content (AvgIpc) is 2.98. The number of rotatable bonds is 6. The lowest BCUT2D eigenvalue weighted by atomic mass is 9.96. The number of aryl methyl sites for hydroxylation is 2. The van der Waals surface area contributed by atoms with Crippen molar-refractivity contribution in [3.05, 3.63) is 56.2 Å². The van der Waals surface area contributed by atoms with Gasteiger partial charge in [0, 0.05) is 21.3 Å². The summed E-state index contributed by atoms with van der Waals surface area (Å²) in [5.41, 5.74) is 2.88. The molecule has 1 atom stereocenters. The van der Waals surface area contributed by atoms with Crippen molar-refractivity contribution < 1.29 is 0 Å². The Morgan fingerprint density at radius 3 is 2.79 bits per heavy atom. The Morgan fingerprint density at radius 2 is 2.00 bits per heavy atom. The van der Waals surface area contributed by atoms with Gasteiger partial charge in [0.05, 0.1) is 6.17 Å². The van der Waals surface area contributed by atoms with Gasteiger partial charge in [-0.2, -0.15) is 0 Å². The van der Waals surface area contributed by atoms with E-state index >= 15 is 0 Å². The van der Waals surface area contributed by atoms with Crippen LogP contribution in [-0.4, -0.2) is 37.6 Å². The molecule has 1 unspecified atom stereocenters. The zero-order valence-electron chi connectivity index (χ0n) is 16.8. The van der Waals surface area contributed by atoms with Gasteiger partial charge in [0.1, 0.15) is 0 Å². The molecule has 2 aromatic rings. The molecule has 0 saturated carbocycles. The van der Waals surface area contributed by atoms with Crippen LogP contribution in [0.2, 0.25) is 5.02 Å². The molecular formula is C23H32ClN3S. The molecule has 5 heteroatoms. The molecule has 3 nitrogen and oxygen atoms in total. The molecule has 1 aromatic carbocycles. The van der Waals surface area contributed by atoms with Crippen LogP contribution in [0.25, 0.3) is 0 Å². The minimum atomic E-state index is 0.338. The number of fused-ring (bicyclic) bond motifs is 1. The molecule has 0 radical (unpaired) electrons. The largest absolute Gasteiger partial charge is 0.303 e. The van der Waals surface area contributed by atoms with Crippen molar-refractivity contribution >= 4 is 22.9 Å². The third kappa shape index (κ3) is 5.37. The number of halogens is 1. The Hall–Kier alpha value is -0.910. The normalized spacial score (nSPS) is 21.4. The predicted molar refractivity (Wildman–Crippen MR) is 120 cm³/mol. The lowest BCUT2D eigenvalue weighted by Crippen LogP contribution is -2.41. The number of thiophene rings is 1. The molecule has 1 aromatic heterocycles. The summed E-state index contributed by atoms with van der Waals surface area (Å²) < 4.78 is 0. The predicted octanol–water partition coefficient (Wildman–Crippen LogP) is 4.79. The molecule has 3 heterocycles. The fourth-order valence-electron chi connectivity index (χ4n) is 4.45. The van der Waals surface area contributed by atoms with Crippen LogP contribution >= 0.6 is 22.9 Å². The smallest absolute Gasteiger partial charge is 0.0846 e. The molecule has 2 aliphatic heterocycles. The molecule has 4 rings (SSSR count). The van der Waals surface area contributed by atoms with Crippen LogP contribution in [0.3, 0.4) is 0 Å². The van der Waals surface area contributed by atoms with Gasteiger partial charge in [0.15, 0.2) is 0 Å². The number of likely N-dealkylation sites (tertiary alicyclic amines) is 1. The van der Waals surface area contributed by atoms with Gasteiger partial charge in [-0.1, -0.05) is 23.7 Å². The highest BCUT2D eigenvalue weighted by atomic mass is 35.5. The summed E-state index contributed by atoms with van der Waals surface area (Å²) in [5, 5.41) is 8.39. The number of nitrogens with zero attached hydrogens (tertiary/aromatic N) is 1. The quantitative estimate of drug-likeness (QED) is 0.707. The van der Waals surface area contributed by atoms with Crippen LogP contribution in [-0.2, 0) is 12.8 Å². The molecule has 1 saturated heterocycles. The number of benzene rings is 1. The van der Waals surface area contributed by atoms with E-state index in [0.29, 0.717) is 6.17 Å². The Labute approximate surface area is 178 Å². The molecule has 0 bridgehead atoms. The van der Waals surface area contributed by atoms with Crippen LogP contribution in [0.5, 0.6) is 0 Å². The first kappa shape index (κ1) is 20.4. The van der Waals surface area contributed by atoms with Gasteiger partial charge in [-0.15, -0.1) is 11.3 Å². The number of hydrogen-bond acceptors (Lipinski definition) is 4. The Balaban J connectivity index is 1.21. The minimum Gasteiger partial charge on any atom is -0.303 e. The fourth-order valence-corrected chi connectivity index (χ4v) is 5.69. The van der Waals surface area contributed by atoms with Gasteiger partial charge in [0.2, 0.25) is 0 Å². The highest BCUT2D eigenvalue weighted by Gasteiger charge is 2.23. The van der Waals surface area contributed by atoms with Gasteiger partial charge >= 0.3 is 0 Å². The third-order valence-electron chi connectivity index (χ3n) is 6.15. The van der Waals surface area contributed by atoms with Crippen molar-refractivity contribution in [2.45, 2.75) is 45.2 Å². The molecule has 0 spiro atoms. The molecule has 2 aliphatic rings. The molecule has 2 N–H and O–H groups in total. The second-order valence-corrected chi connectivity index (χ2v) is 10.1. The third-order valence-corrected chi connectivity index (χ3v) is 7.53. The summed E-state index contributed by atoms with van der Waals surface area (Å²) in [5.74, 6) is 0.792. The SMILES string of the molecule is Cc1cc2c(s1)CCCNC2NCC1CCN(CCc2ccc(Cl)cc2)CC1. The first-order valence-electron chi connectivity index (χ1n) is 10.7. The van der Waals surface area contributed by atoms with E-state index in [9.17, 15) is 0 Å². The van der Waals surface area contributed by atoms with Gasteiger partial charge in [-0.25, -0.2) is 0 Å². The number of hydrogen-bond donors (Lipinski definition) is 2. The summed E-state index contributed by atoms with van der Waals surface area (Å²) in [4.78, 5) is 5.64. The van der Waals surface area contributed by atoms with Crippen molar-refractivity contribution in [2.75, 3.05) is 32.7 Å². The van der Waals surface area contributed by atoms with Crippen LogP contribution in [0.4, 0.5) is 0 Å². The number of nitrogens with one attached hydrogen (secondary N) is 2. The summed E-state index contributed by atoms with van der Waals surface area (Å²) in [6.45, 7) is 8.07. The lowest BCUT2D eigenvalue weighted by molar-refractivity contribution is 0.180. The molecule has 1 fully saturated rings. The highest BCUT2D eigenvalue weighted by molar-refractivity contribution is 7.12. The van der Waals surface area contributed by atoms with Crippen LogP contribution in [0.1, 0.15) is 46.3 Å². The van der Waals surface area contributed by atoms with Crippen molar-refractivity contribution in [3.63, 3.8) is 0 Å². The average molecular weight is 418 g/mol. The molecule has 152 valence electrons. The van der Waals surface area contributed by atoms with Crippen molar-refractivity contribution in [3.8, 4) is 0 Å². The van der Waals surface area contributed by atoms with Crippen LogP contribution in [0.15, 0.2) is 30.3 Å². The van der Waals surface area contributed by atoms with Crippen molar-refractivity contribution in [2.24, 2.45) is 5.92 Å².